The monoisotopic (exact) mass is 168 g/mol. The van der Waals surface area contributed by atoms with E-state index in [1.807, 2.05) is 6.92 Å². The maximum atomic E-state index is 5.78. The van der Waals surface area contributed by atoms with E-state index in [1.165, 1.54) is 0 Å². The maximum Gasteiger partial charge on any atom is 0.116 e. The van der Waals surface area contributed by atoms with Crippen molar-refractivity contribution in [3.63, 3.8) is 0 Å². The maximum absolute atomic E-state index is 5.78. The smallest absolute Gasteiger partial charge is 0.102 e. The highest BCUT2D eigenvalue weighted by Crippen LogP contribution is 2.34. The minimum atomic E-state index is -0.571. The summed E-state index contributed by atoms with van der Waals surface area (Å²) in [4.78, 5) is 0. The molecule has 0 N–H and O–H groups in total. The zero-order valence-electron chi connectivity index (χ0n) is 6.46. The standard InChI is InChI=1S/C7H14Cl2/c1-6(2,3)5-7(4,8)9/h5H2,1-4H3. The number of hydrogen-bond donors (Lipinski definition) is 0. The van der Waals surface area contributed by atoms with E-state index in [-0.39, 0.29) is 5.41 Å². The van der Waals surface area contributed by atoms with Gasteiger partial charge in [0.25, 0.3) is 0 Å². The lowest BCUT2D eigenvalue weighted by Gasteiger charge is -2.24. The van der Waals surface area contributed by atoms with E-state index >= 15 is 0 Å². The highest BCUT2D eigenvalue weighted by atomic mass is 35.5. The van der Waals surface area contributed by atoms with E-state index in [2.05, 4.69) is 20.8 Å². The summed E-state index contributed by atoms with van der Waals surface area (Å²) in [5, 5.41) is 0. The van der Waals surface area contributed by atoms with Gasteiger partial charge in [-0.15, -0.1) is 23.2 Å². The van der Waals surface area contributed by atoms with Crippen molar-refractivity contribution in [3.8, 4) is 0 Å². The SMILES string of the molecule is CC(C)(C)CC(C)(Cl)Cl. The summed E-state index contributed by atoms with van der Waals surface area (Å²) in [5.41, 5.74) is 0.220. The lowest BCUT2D eigenvalue weighted by molar-refractivity contribution is 0.363. The second kappa shape index (κ2) is 2.67. The van der Waals surface area contributed by atoms with Crippen LogP contribution in [0.2, 0.25) is 0 Å². The summed E-state index contributed by atoms with van der Waals surface area (Å²) >= 11 is 11.6. The molecular formula is C7H14Cl2. The highest BCUT2D eigenvalue weighted by molar-refractivity contribution is 6.48. The van der Waals surface area contributed by atoms with Gasteiger partial charge in [-0.3, -0.25) is 0 Å². The van der Waals surface area contributed by atoms with E-state index in [0.717, 1.165) is 6.42 Å². The Morgan fingerprint density at radius 1 is 1.00 bits per heavy atom. The fourth-order valence-corrected chi connectivity index (χ4v) is 1.73. The van der Waals surface area contributed by atoms with Gasteiger partial charge in [0.15, 0.2) is 0 Å². The van der Waals surface area contributed by atoms with E-state index in [0.29, 0.717) is 0 Å². The Hall–Kier alpha value is 0.580. The Kier molecular flexibility index (Phi) is 2.85. The van der Waals surface area contributed by atoms with Crippen LogP contribution in [0.25, 0.3) is 0 Å². The average molecular weight is 169 g/mol. The quantitative estimate of drug-likeness (QED) is 0.526. The Labute approximate surface area is 67.5 Å². The molecule has 0 radical (unpaired) electrons. The van der Waals surface area contributed by atoms with Crippen LogP contribution in [0, 0.1) is 5.41 Å². The first-order valence-electron chi connectivity index (χ1n) is 3.09. The fraction of sp³-hybridized carbons (Fsp3) is 1.00. The zero-order valence-corrected chi connectivity index (χ0v) is 7.97. The topological polar surface area (TPSA) is 0 Å². The van der Waals surface area contributed by atoms with Gasteiger partial charge in [-0.05, 0) is 18.8 Å². The van der Waals surface area contributed by atoms with Crippen molar-refractivity contribution < 1.29 is 0 Å². The fourth-order valence-electron chi connectivity index (χ4n) is 0.931. The molecule has 0 fully saturated rings. The van der Waals surface area contributed by atoms with Crippen LogP contribution in [0.5, 0.6) is 0 Å². The Morgan fingerprint density at radius 3 is 1.33 bits per heavy atom. The summed E-state index contributed by atoms with van der Waals surface area (Å²) in [7, 11) is 0. The van der Waals surface area contributed by atoms with Crippen molar-refractivity contribution in [1.29, 1.82) is 0 Å². The number of rotatable bonds is 1. The zero-order chi connectivity index (χ0) is 7.71. The molecule has 0 aliphatic heterocycles. The van der Waals surface area contributed by atoms with Gasteiger partial charge in [-0.1, -0.05) is 20.8 Å². The van der Waals surface area contributed by atoms with Gasteiger partial charge in [0, 0.05) is 0 Å². The lowest BCUT2D eigenvalue weighted by atomic mass is 9.91. The number of halogens is 2. The summed E-state index contributed by atoms with van der Waals surface area (Å²) in [6.45, 7) is 8.18. The van der Waals surface area contributed by atoms with Crippen molar-refractivity contribution in [2.45, 2.75) is 38.4 Å². The van der Waals surface area contributed by atoms with Crippen LogP contribution >= 0.6 is 23.2 Å². The van der Waals surface area contributed by atoms with Gasteiger partial charge >= 0.3 is 0 Å². The van der Waals surface area contributed by atoms with Gasteiger partial charge in [-0.25, -0.2) is 0 Å². The van der Waals surface area contributed by atoms with Gasteiger partial charge < -0.3 is 0 Å². The van der Waals surface area contributed by atoms with Crippen LogP contribution in [0.15, 0.2) is 0 Å². The van der Waals surface area contributed by atoms with Crippen molar-refractivity contribution in [2.24, 2.45) is 5.41 Å². The largest absolute Gasteiger partial charge is 0.116 e. The molecule has 0 spiro atoms. The van der Waals surface area contributed by atoms with E-state index in [9.17, 15) is 0 Å². The summed E-state index contributed by atoms with van der Waals surface area (Å²) < 4.78 is -0.571. The summed E-state index contributed by atoms with van der Waals surface area (Å²) in [6.07, 6.45) is 0.823. The molecule has 0 aliphatic rings. The molecule has 0 rings (SSSR count). The van der Waals surface area contributed by atoms with E-state index in [4.69, 9.17) is 23.2 Å². The molecule has 56 valence electrons. The molecule has 0 aromatic carbocycles. The predicted octanol–water partition coefficient (Wildman–Crippen LogP) is 3.62. The van der Waals surface area contributed by atoms with Crippen molar-refractivity contribution in [2.75, 3.05) is 0 Å². The molecule has 0 amide bonds. The average Bonchev–Trinajstić information content (AvgIpc) is 1.14. The molecule has 9 heavy (non-hydrogen) atoms. The Bertz CT molecular complexity index is 72.1. The molecule has 0 saturated carbocycles. The Balaban J connectivity index is 3.75. The van der Waals surface area contributed by atoms with Crippen LogP contribution in [0.1, 0.15) is 34.1 Å². The molecule has 0 saturated heterocycles. The first-order chi connectivity index (χ1) is 3.71. The van der Waals surface area contributed by atoms with Crippen LogP contribution in [-0.2, 0) is 0 Å². The van der Waals surface area contributed by atoms with Gasteiger partial charge in [0.2, 0.25) is 0 Å². The van der Waals surface area contributed by atoms with E-state index < -0.39 is 4.33 Å². The summed E-state index contributed by atoms with van der Waals surface area (Å²) in [6, 6.07) is 0. The predicted molar refractivity (Wildman–Crippen MR) is 44.2 cm³/mol. The first kappa shape index (κ1) is 9.58. The third-order valence-corrected chi connectivity index (χ3v) is 1.11. The van der Waals surface area contributed by atoms with E-state index in [1.54, 1.807) is 0 Å². The second-order valence-electron chi connectivity index (χ2n) is 3.81. The van der Waals surface area contributed by atoms with Crippen molar-refractivity contribution in [3.05, 3.63) is 0 Å². The highest BCUT2D eigenvalue weighted by Gasteiger charge is 2.24. The molecular weight excluding hydrogens is 155 g/mol. The molecule has 0 unspecified atom stereocenters. The normalized spacial score (nSPS) is 14.0. The molecule has 2 heteroatoms. The van der Waals surface area contributed by atoms with Crippen LogP contribution in [0.4, 0.5) is 0 Å². The number of alkyl halides is 2. The minimum Gasteiger partial charge on any atom is -0.102 e. The molecule has 0 aliphatic carbocycles. The minimum absolute atomic E-state index is 0.220. The Morgan fingerprint density at radius 2 is 1.33 bits per heavy atom. The van der Waals surface area contributed by atoms with Crippen LogP contribution in [0.3, 0.4) is 0 Å². The molecule has 0 atom stereocenters. The first-order valence-corrected chi connectivity index (χ1v) is 3.84. The third-order valence-electron chi connectivity index (χ3n) is 0.841. The third kappa shape index (κ3) is 8.58. The van der Waals surface area contributed by atoms with Crippen molar-refractivity contribution in [1.82, 2.24) is 0 Å². The van der Waals surface area contributed by atoms with Crippen LogP contribution < -0.4 is 0 Å². The van der Waals surface area contributed by atoms with Crippen molar-refractivity contribution >= 4 is 23.2 Å². The molecule has 0 nitrogen and oxygen atoms in total. The molecule has 0 heterocycles. The molecule has 0 aromatic rings. The summed E-state index contributed by atoms with van der Waals surface area (Å²) in [5.74, 6) is 0. The second-order valence-corrected chi connectivity index (χ2v) is 5.67. The lowest BCUT2D eigenvalue weighted by Crippen LogP contribution is -2.17. The van der Waals surface area contributed by atoms with Crippen LogP contribution in [-0.4, -0.2) is 4.33 Å². The van der Waals surface area contributed by atoms with Gasteiger partial charge in [0.05, 0.1) is 0 Å². The van der Waals surface area contributed by atoms with Gasteiger partial charge in [0.1, 0.15) is 4.33 Å². The number of hydrogen-bond acceptors (Lipinski definition) is 0. The molecule has 0 aromatic heterocycles. The van der Waals surface area contributed by atoms with Gasteiger partial charge in [-0.2, -0.15) is 0 Å². The molecule has 0 bridgehead atoms.